The van der Waals surface area contributed by atoms with E-state index in [-0.39, 0.29) is 0 Å². The molecule has 0 bridgehead atoms. The molecule has 0 amide bonds. The highest BCUT2D eigenvalue weighted by Gasteiger charge is 1.94. The molecule has 0 aliphatic heterocycles. The van der Waals surface area contributed by atoms with Crippen molar-refractivity contribution in [3.8, 4) is 0 Å². The molecule has 1 nitrogen and oxygen atoms in total. The summed E-state index contributed by atoms with van der Waals surface area (Å²) in [5.74, 6) is 0. The minimum atomic E-state index is 0.965. The van der Waals surface area contributed by atoms with Gasteiger partial charge in [-0.25, -0.2) is 0 Å². The van der Waals surface area contributed by atoms with Crippen LogP contribution in [0.15, 0.2) is 0 Å². The van der Waals surface area contributed by atoms with E-state index in [9.17, 15) is 0 Å². The number of hydrogen-bond acceptors (Lipinski definition) is 1. The summed E-state index contributed by atoms with van der Waals surface area (Å²) in [4.78, 5) is 0. The maximum absolute atomic E-state index is 5.58. The van der Waals surface area contributed by atoms with Crippen molar-refractivity contribution in [1.82, 2.24) is 0 Å². The molecule has 0 saturated carbocycles. The molecule has 0 aromatic carbocycles. The Morgan fingerprint density at radius 2 is 0.864 bits per heavy atom. The van der Waals surface area contributed by atoms with Gasteiger partial charge in [-0.3, -0.25) is 0 Å². The summed E-state index contributed by atoms with van der Waals surface area (Å²) < 4.78 is 5.58. The van der Waals surface area contributed by atoms with Crippen molar-refractivity contribution in [3.63, 3.8) is 0 Å². The molecule has 0 aromatic rings. The molecule has 0 aromatic heterocycles. The molecule has 0 fully saturated rings. The van der Waals surface area contributed by atoms with Crippen molar-refractivity contribution >= 4 is 0 Å². The quantitative estimate of drug-likeness (QED) is 0.224. The third-order valence-corrected chi connectivity index (χ3v) is 4.43. The van der Waals surface area contributed by atoms with E-state index in [1.54, 1.807) is 0 Å². The molecule has 0 rings (SSSR count). The summed E-state index contributed by atoms with van der Waals surface area (Å²) in [7, 11) is 0. The van der Waals surface area contributed by atoms with Crippen molar-refractivity contribution in [2.45, 2.75) is 116 Å². The first-order valence-electron chi connectivity index (χ1n) is 10.3. The molecule has 0 unspecified atom stereocenters. The van der Waals surface area contributed by atoms with Crippen LogP contribution in [0.25, 0.3) is 0 Å². The molecule has 0 N–H and O–H groups in total. The minimum absolute atomic E-state index is 0.965. The maximum atomic E-state index is 5.58. The van der Waals surface area contributed by atoms with E-state index < -0.39 is 0 Å². The summed E-state index contributed by atoms with van der Waals surface area (Å²) in [6, 6.07) is 0. The first-order valence-corrected chi connectivity index (χ1v) is 10.3. The third-order valence-electron chi connectivity index (χ3n) is 4.43. The molecule has 0 atom stereocenters. The van der Waals surface area contributed by atoms with Crippen LogP contribution in [-0.2, 0) is 4.74 Å². The van der Waals surface area contributed by atoms with Gasteiger partial charge in [0.25, 0.3) is 0 Å². The Morgan fingerprint density at radius 1 is 0.500 bits per heavy atom. The fourth-order valence-corrected chi connectivity index (χ4v) is 2.85. The van der Waals surface area contributed by atoms with Crippen LogP contribution in [0.1, 0.15) is 116 Å². The number of hydrogen-bond donors (Lipinski definition) is 0. The number of rotatable bonds is 19. The summed E-state index contributed by atoms with van der Waals surface area (Å²) >= 11 is 0. The number of ether oxygens (including phenoxy) is 1. The zero-order valence-electron chi connectivity index (χ0n) is 15.6. The van der Waals surface area contributed by atoms with E-state index in [4.69, 9.17) is 4.74 Å². The van der Waals surface area contributed by atoms with Gasteiger partial charge in [0, 0.05) is 13.2 Å². The average molecular weight is 312 g/mol. The Hall–Kier alpha value is -0.0400. The lowest BCUT2D eigenvalue weighted by Gasteiger charge is -2.04. The van der Waals surface area contributed by atoms with E-state index >= 15 is 0 Å². The first-order chi connectivity index (χ1) is 10.9. The minimum Gasteiger partial charge on any atom is -0.381 e. The van der Waals surface area contributed by atoms with Gasteiger partial charge in [-0.05, 0) is 12.8 Å². The van der Waals surface area contributed by atoms with E-state index in [0.717, 1.165) is 19.6 Å². The van der Waals surface area contributed by atoms with Crippen LogP contribution in [0.5, 0.6) is 0 Å². The summed E-state index contributed by atoms with van der Waals surface area (Å²) in [6.07, 6.45) is 23.4. The second-order valence-corrected chi connectivity index (χ2v) is 6.77. The van der Waals surface area contributed by atoms with Crippen LogP contribution in [0.2, 0.25) is 0 Å². The molecule has 0 spiro atoms. The molecule has 1 radical (unpaired) electrons. The molecule has 133 valence electrons. The monoisotopic (exact) mass is 311 g/mol. The van der Waals surface area contributed by atoms with Gasteiger partial charge in [0.05, 0.1) is 0 Å². The predicted octanol–water partition coefficient (Wildman–Crippen LogP) is 7.49. The molecule has 22 heavy (non-hydrogen) atoms. The molecule has 0 heterocycles. The van der Waals surface area contributed by atoms with Crippen LogP contribution in [0, 0.1) is 6.92 Å². The lowest BCUT2D eigenvalue weighted by molar-refractivity contribution is 0.127. The molecule has 1 heteroatoms. The largest absolute Gasteiger partial charge is 0.381 e. The van der Waals surface area contributed by atoms with Crippen molar-refractivity contribution in [3.05, 3.63) is 6.92 Å². The van der Waals surface area contributed by atoms with Gasteiger partial charge in [0.15, 0.2) is 0 Å². The smallest absolute Gasteiger partial charge is 0.0466 e. The second-order valence-electron chi connectivity index (χ2n) is 6.77. The van der Waals surface area contributed by atoms with E-state index in [2.05, 4.69) is 13.8 Å². The normalized spacial score (nSPS) is 11.2. The SMILES string of the molecule is [CH2]CCCCCCCCCCCCCCCCOCCCC. The van der Waals surface area contributed by atoms with Crippen LogP contribution in [0.3, 0.4) is 0 Å². The van der Waals surface area contributed by atoms with Gasteiger partial charge in [0.2, 0.25) is 0 Å². The van der Waals surface area contributed by atoms with E-state index in [1.165, 1.54) is 103 Å². The molecule has 0 aliphatic carbocycles. The Labute approximate surface area is 141 Å². The zero-order valence-corrected chi connectivity index (χ0v) is 15.6. The Balaban J connectivity index is 2.91. The van der Waals surface area contributed by atoms with Gasteiger partial charge in [-0.15, -0.1) is 0 Å². The van der Waals surface area contributed by atoms with Crippen molar-refractivity contribution < 1.29 is 4.74 Å². The van der Waals surface area contributed by atoms with Gasteiger partial charge in [-0.2, -0.15) is 0 Å². The Bertz CT molecular complexity index is 159. The van der Waals surface area contributed by atoms with Gasteiger partial charge < -0.3 is 4.74 Å². The van der Waals surface area contributed by atoms with E-state index in [1.807, 2.05) is 0 Å². The molecule has 0 aliphatic rings. The highest BCUT2D eigenvalue weighted by molar-refractivity contribution is 4.50. The van der Waals surface area contributed by atoms with Gasteiger partial charge in [-0.1, -0.05) is 110 Å². The summed E-state index contributed by atoms with van der Waals surface area (Å²) in [5, 5.41) is 0. The Kier molecular flexibility index (Phi) is 20.9. The average Bonchev–Trinajstić information content (AvgIpc) is 2.54. The van der Waals surface area contributed by atoms with Crippen molar-refractivity contribution in [1.29, 1.82) is 0 Å². The predicted molar refractivity (Wildman–Crippen MR) is 100 cm³/mol. The third kappa shape index (κ3) is 20.0. The molecule has 0 saturated heterocycles. The van der Waals surface area contributed by atoms with Crippen LogP contribution in [-0.4, -0.2) is 13.2 Å². The first kappa shape index (κ1) is 22.0. The van der Waals surface area contributed by atoms with Crippen LogP contribution < -0.4 is 0 Å². The van der Waals surface area contributed by atoms with Gasteiger partial charge in [0.1, 0.15) is 0 Å². The number of unbranched alkanes of at least 4 members (excludes halogenated alkanes) is 15. The summed E-state index contributed by atoms with van der Waals surface area (Å²) in [5.41, 5.74) is 0. The fourth-order valence-electron chi connectivity index (χ4n) is 2.85. The highest BCUT2D eigenvalue weighted by atomic mass is 16.5. The lowest BCUT2D eigenvalue weighted by Crippen LogP contribution is -1.96. The lowest BCUT2D eigenvalue weighted by atomic mass is 10.0. The van der Waals surface area contributed by atoms with Gasteiger partial charge >= 0.3 is 0 Å². The highest BCUT2D eigenvalue weighted by Crippen LogP contribution is 2.13. The maximum Gasteiger partial charge on any atom is 0.0466 e. The molecular formula is C21H43O. The van der Waals surface area contributed by atoms with Crippen LogP contribution >= 0.6 is 0 Å². The summed E-state index contributed by atoms with van der Waals surface area (Å²) in [6.45, 7) is 8.06. The second kappa shape index (κ2) is 21.0. The van der Waals surface area contributed by atoms with E-state index in [0.29, 0.717) is 0 Å². The van der Waals surface area contributed by atoms with Crippen molar-refractivity contribution in [2.75, 3.05) is 13.2 Å². The Morgan fingerprint density at radius 3 is 1.27 bits per heavy atom. The standard InChI is InChI=1S/C21H43O/c1-3-5-7-8-9-10-11-12-13-14-15-16-17-18-19-21-22-20-6-4-2/h1,3-21H2,2H3. The van der Waals surface area contributed by atoms with Crippen molar-refractivity contribution in [2.24, 2.45) is 0 Å². The topological polar surface area (TPSA) is 9.23 Å². The van der Waals surface area contributed by atoms with Crippen LogP contribution in [0.4, 0.5) is 0 Å². The zero-order chi connectivity index (χ0) is 16.1. The molecular weight excluding hydrogens is 268 g/mol. The fraction of sp³-hybridized carbons (Fsp3) is 0.952.